The lowest BCUT2D eigenvalue weighted by atomic mass is 10.1. The number of carbonyl (C=O) groups excluding carboxylic acids is 3. The second-order valence-corrected chi connectivity index (χ2v) is 8.45. The smallest absolute Gasteiger partial charge is 0.270 e. The van der Waals surface area contributed by atoms with Crippen LogP contribution in [0.4, 0.5) is 0 Å². The SMILES string of the molecule is Cc1ccc2cc(C(=O)N(C)C(CC3CC3)C(=O)N3CC(C=O)CC3C#N)[nH]c2n1. The molecule has 0 spiro atoms. The third-order valence-electron chi connectivity index (χ3n) is 6.13. The van der Waals surface area contributed by atoms with Gasteiger partial charge < -0.3 is 19.6 Å². The van der Waals surface area contributed by atoms with Crippen molar-refractivity contribution in [2.24, 2.45) is 11.8 Å². The number of aldehydes is 1. The van der Waals surface area contributed by atoms with Crippen molar-refractivity contribution in [2.45, 2.75) is 44.7 Å². The zero-order valence-electron chi connectivity index (χ0n) is 17.2. The molecule has 8 heteroatoms. The summed E-state index contributed by atoms with van der Waals surface area (Å²) in [4.78, 5) is 48.2. The van der Waals surface area contributed by atoms with Crippen molar-refractivity contribution in [3.05, 3.63) is 29.6 Å². The molecule has 1 N–H and O–H groups in total. The number of fused-ring (bicyclic) bond motifs is 1. The number of carbonyl (C=O) groups is 3. The lowest BCUT2D eigenvalue weighted by molar-refractivity contribution is -0.136. The van der Waals surface area contributed by atoms with E-state index in [1.54, 1.807) is 13.1 Å². The Hall–Kier alpha value is -3.21. The van der Waals surface area contributed by atoms with Gasteiger partial charge in [0.05, 0.1) is 6.07 Å². The highest BCUT2D eigenvalue weighted by atomic mass is 16.2. The Morgan fingerprint density at radius 2 is 2.20 bits per heavy atom. The standard InChI is InChI=1S/C22H25N5O3/c1-13-3-6-16-9-18(25-20(16)24-13)21(29)26(2)19(8-14-4-5-14)22(30)27-11-15(12-28)7-17(27)10-23/h3,6,9,12,14-15,17,19H,4-5,7-8,11H2,1-2H3,(H,24,25). The summed E-state index contributed by atoms with van der Waals surface area (Å²) in [5, 5.41) is 10.3. The second kappa shape index (κ2) is 7.90. The molecule has 2 aromatic rings. The molecule has 30 heavy (non-hydrogen) atoms. The molecule has 1 aliphatic heterocycles. The van der Waals surface area contributed by atoms with E-state index in [1.807, 2.05) is 19.1 Å². The van der Waals surface area contributed by atoms with E-state index in [0.29, 0.717) is 30.1 Å². The number of aromatic amines is 1. The number of hydrogen-bond acceptors (Lipinski definition) is 5. The average Bonchev–Trinajstić information content (AvgIpc) is 3.31. The first-order valence-corrected chi connectivity index (χ1v) is 10.3. The molecular formula is C22H25N5O3. The normalized spacial score (nSPS) is 22.0. The molecule has 4 rings (SSSR count). The first-order valence-electron chi connectivity index (χ1n) is 10.3. The fraction of sp³-hybridized carbons (Fsp3) is 0.500. The Balaban J connectivity index is 1.59. The summed E-state index contributed by atoms with van der Waals surface area (Å²) in [7, 11) is 1.63. The maximum atomic E-state index is 13.4. The van der Waals surface area contributed by atoms with E-state index in [0.717, 1.165) is 30.2 Å². The topological polar surface area (TPSA) is 110 Å². The van der Waals surface area contributed by atoms with Crippen molar-refractivity contribution in [1.29, 1.82) is 5.26 Å². The minimum absolute atomic E-state index is 0.235. The molecule has 1 aliphatic carbocycles. The van der Waals surface area contributed by atoms with Crippen LogP contribution in [0, 0.1) is 30.1 Å². The number of hydrogen-bond donors (Lipinski definition) is 1. The number of likely N-dealkylation sites (tertiary alicyclic amines) is 1. The van der Waals surface area contributed by atoms with Crippen LogP contribution in [0.25, 0.3) is 11.0 Å². The van der Waals surface area contributed by atoms with Crippen molar-refractivity contribution in [1.82, 2.24) is 19.8 Å². The molecule has 3 atom stereocenters. The summed E-state index contributed by atoms with van der Waals surface area (Å²) in [5.41, 5.74) is 1.86. The quantitative estimate of drug-likeness (QED) is 0.737. The molecular weight excluding hydrogens is 382 g/mol. The largest absolute Gasteiger partial charge is 0.335 e. The Bertz CT molecular complexity index is 1040. The third-order valence-corrected chi connectivity index (χ3v) is 6.13. The van der Waals surface area contributed by atoms with Gasteiger partial charge in [0.2, 0.25) is 5.91 Å². The summed E-state index contributed by atoms with van der Waals surface area (Å²) in [5.74, 6) is -0.460. The number of pyridine rings is 1. The molecule has 0 bridgehead atoms. The number of aryl methyl sites for hydroxylation is 1. The molecule has 2 aromatic heterocycles. The first-order chi connectivity index (χ1) is 14.4. The molecule has 1 saturated carbocycles. The van der Waals surface area contributed by atoms with Gasteiger partial charge in [-0.05, 0) is 43.9 Å². The predicted octanol–water partition coefficient (Wildman–Crippen LogP) is 2.05. The number of rotatable bonds is 6. The molecule has 2 amide bonds. The molecule has 0 aromatic carbocycles. The Morgan fingerprint density at radius 3 is 2.87 bits per heavy atom. The lowest BCUT2D eigenvalue weighted by Gasteiger charge is -2.32. The van der Waals surface area contributed by atoms with E-state index in [1.165, 1.54) is 9.80 Å². The molecule has 0 radical (unpaired) electrons. The monoisotopic (exact) mass is 407 g/mol. The summed E-state index contributed by atoms with van der Waals surface area (Å²) < 4.78 is 0. The van der Waals surface area contributed by atoms with Crippen molar-refractivity contribution < 1.29 is 14.4 Å². The van der Waals surface area contributed by atoms with Crippen molar-refractivity contribution in [3.8, 4) is 6.07 Å². The highest BCUT2D eigenvalue weighted by molar-refractivity contribution is 5.99. The Labute approximate surface area is 174 Å². The molecule has 2 aliphatic rings. The van der Waals surface area contributed by atoms with Gasteiger partial charge in [0.15, 0.2) is 0 Å². The van der Waals surface area contributed by atoms with E-state index in [9.17, 15) is 19.6 Å². The van der Waals surface area contributed by atoms with Crippen molar-refractivity contribution in [2.75, 3.05) is 13.6 Å². The second-order valence-electron chi connectivity index (χ2n) is 8.45. The van der Waals surface area contributed by atoms with Crippen LogP contribution in [0.1, 0.15) is 41.9 Å². The zero-order chi connectivity index (χ0) is 21.4. The van der Waals surface area contributed by atoms with Gasteiger partial charge in [-0.15, -0.1) is 0 Å². The molecule has 1 saturated heterocycles. The van der Waals surface area contributed by atoms with Gasteiger partial charge in [0.25, 0.3) is 5.91 Å². The fourth-order valence-corrected chi connectivity index (χ4v) is 4.17. The van der Waals surface area contributed by atoms with Gasteiger partial charge in [-0.2, -0.15) is 5.26 Å². The maximum Gasteiger partial charge on any atom is 0.270 e. The minimum atomic E-state index is -0.660. The molecule has 8 nitrogen and oxygen atoms in total. The maximum absolute atomic E-state index is 13.4. The number of amides is 2. The highest BCUT2D eigenvalue weighted by Crippen LogP contribution is 2.36. The van der Waals surface area contributed by atoms with Crippen LogP contribution < -0.4 is 0 Å². The van der Waals surface area contributed by atoms with Gasteiger partial charge in [-0.1, -0.05) is 12.8 Å². The Kier molecular flexibility index (Phi) is 5.29. The first kappa shape index (κ1) is 20.1. The van der Waals surface area contributed by atoms with Crippen molar-refractivity contribution >= 4 is 29.1 Å². The summed E-state index contributed by atoms with van der Waals surface area (Å²) in [6.07, 6.45) is 3.81. The van der Waals surface area contributed by atoms with Crippen LogP contribution in [0.5, 0.6) is 0 Å². The van der Waals surface area contributed by atoms with Gasteiger partial charge in [-0.3, -0.25) is 9.59 Å². The van der Waals surface area contributed by atoms with E-state index >= 15 is 0 Å². The van der Waals surface area contributed by atoms with Crippen LogP contribution in [0.15, 0.2) is 18.2 Å². The van der Waals surface area contributed by atoms with Gasteiger partial charge in [0.1, 0.15) is 29.7 Å². The zero-order valence-corrected chi connectivity index (χ0v) is 17.2. The van der Waals surface area contributed by atoms with Gasteiger partial charge in [0, 0.05) is 30.6 Å². The predicted molar refractivity (Wildman–Crippen MR) is 109 cm³/mol. The molecule has 2 fully saturated rings. The van der Waals surface area contributed by atoms with E-state index in [4.69, 9.17) is 0 Å². The van der Waals surface area contributed by atoms with E-state index in [2.05, 4.69) is 16.0 Å². The highest BCUT2D eigenvalue weighted by Gasteiger charge is 2.42. The van der Waals surface area contributed by atoms with E-state index in [-0.39, 0.29) is 24.3 Å². The number of aromatic nitrogens is 2. The minimum Gasteiger partial charge on any atom is -0.335 e. The van der Waals surface area contributed by atoms with Crippen LogP contribution in [-0.4, -0.2) is 63.5 Å². The van der Waals surface area contributed by atoms with Crippen LogP contribution in [0.2, 0.25) is 0 Å². The van der Waals surface area contributed by atoms with Crippen LogP contribution in [-0.2, 0) is 9.59 Å². The van der Waals surface area contributed by atoms with Crippen LogP contribution in [0.3, 0.4) is 0 Å². The number of nitrogens with zero attached hydrogens (tertiary/aromatic N) is 4. The van der Waals surface area contributed by atoms with Gasteiger partial charge >= 0.3 is 0 Å². The summed E-state index contributed by atoms with van der Waals surface area (Å²) in [6, 6.07) is 6.38. The number of H-pyrrole nitrogens is 1. The molecule has 3 unspecified atom stereocenters. The Morgan fingerprint density at radius 1 is 1.43 bits per heavy atom. The number of nitrogens with one attached hydrogen (secondary N) is 1. The summed E-state index contributed by atoms with van der Waals surface area (Å²) in [6.45, 7) is 2.12. The number of nitriles is 1. The van der Waals surface area contributed by atoms with Crippen LogP contribution >= 0.6 is 0 Å². The average molecular weight is 407 g/mol. The molecule has 156 valence electrons. The van der Waals surface area contributed by atoms with Crippen molar-refractivity contribution in [3.63, 3.8) is 0 Å². The number of likely N-dealkylation sites (N-methyl/N-ethyl adjacent to an activating group) is 1. The fourth-order valence-electron chi connectivity index (χ4n) is 4.17. The third kappa shape index (κ3) is 3.80. The lowest BCUT2D eigenvalue weighted by Crippen LogP contribution is -2.51. The van der Waals surface area contributed by atoms with E-state index < -0.39 is 12.1 Å². The molecule has 3 heterocycles. The summed E-state index contributed by atoms with van der Waals surface area (Å²) >= 11 is 0. The van der Waals surface area contributed by atoms with Gasteiger partial charge in [-0.25, -0.2) is 4.98 Å².